The van der Waals surface area contributed by atoms with Crippen LogP contribution in [-0.2, 0) is 14.3 Å². The highest BCUT2D eigenvalue weighted by Crippen LogP contribution is 2.42. The zero-order chi connectivity index (χ0) is 27.1. The Hall–Kier alpha value is -3.36. The maximum absolute atomic E-state index is 13.4. The van der Waals surface area contributed by atoms with E-state index in [-0.39, 0.29) is 11.3 Å². The van der Waals surface area contributed by atoms with Gasteiger partial charge < -0.3 is 24.2 Å². The lowest BCUT2D eigenvalue weighted by atomic mass is 9.94. The predicted molar refractivity (Wildman–Crippen MR) is 145 cm³/mol. The summed E-state index contributed by atoms with van der Waals surface area (Å²) in [6.07, 6.45) is 1.93. The van der Waals surface area contributed by atoms with Crippen LogP contribution in [0.1, 0.15) is 49.4 Å². The average molecular weight is 523 g/mol. The lowest BCUT2D eigenvalue weighted by Crippen LogP contribution is -2.42. The molecule has 1 atom stereocenters. The number of likely N-dealkylation sites (tertiary alicyclic amines) is 1. The third-order valence-corrected chi connectivity index (χ3v) is 6.96. The zero-order valence-corrected chi connectivity index (χ0v) is 22.6. The van der Waals surface area contributed by atoms with Gasteiger partial charge in [-0.3, -0.25) is 14.5 Å². The number of carbonyl (C=O) groups excluding carboxylic acids is 2. The van der Waals surface area contributed by atoms with E-state index >= 15 is 0 Å². The molecule has 1 amide bonds. The molecule has 2 aliphatic rings. The number of hydrogen-bond acceptors (Lipinski definition) is 7. The van der Waals surface area contributed by atoms with Crippen molar-refractivity contribution in [3.05, 3.63) is 64.7 Å². The smallest absolute Gasteiger partial charge is 0.295 e. The number of ether oxygens (including phenoxy) is 3. The molecule has 0 bridgehead atoms. The molecule has 8 nitrogen and oxygen atoms in total. The number of rotatable bonds is 11. The van der Waals surface area contributed by atoms with Crippen molar-refractivity contribution in [2.75, 3.05) is 52.6 Å². The number of ketones is 1. The summed E-state index contributed by atoms with van der Waals surface area (Å²) >= 11 is 0. The van der Waals surface area contributed by atoms with Gasteiger partial charge in [0.15, 0.2) is 11.5 Å². The predicted octanol–water partition coefficient (Wildman–Crippen LogP) is 4.33. The monoisotopic (exact) mass is 522 g/mol. The van der Waals surface area contributed by atoms with Crippen molar-refractivity contribution >= 4 is 17.4 Å². The van der Waals surface area contributed by atoms with Gasteiger partial charge in [0.05, 0.1) is 38.0 Å². The fourth-order valence-corrected chi connectivity index (χ4v) is 4.81. The molecule has 38 heavy (non-hydrogen) atoms. The Balaban J connectivity index is 1.75. The molecule has 2 saturated heterocycles. The van der Waals surface area contributed by atoms with Crippen LogP contribution in [0.15, 0.2) is 48.0 Å². The van der Waals surface area contributed by atoms with Crippen molar-refractivity contribution in [1.29, 1.82) is 0 Å². The van der Waals surface area contributed by atoms with Gasteiger partial charge in [-0.15, -0.1) is 0 Å². The minimum atomic E-state index is -0.749. The fraction of sp³-hybridized carbons (Fsp3) is 0.467. The van der Waals surface area contributed by atoms with E-state index in [0.717, 1.165) is 31.5 Å². The molecule has 0 saturated carbocycles. The first-order chi connectivity index (χ1) is 18.4. The van der Waals surface area contributed by atoms with Crippen molar-refractivity contribution in [2.24, 2.45) is 0 Å². The lowest BCUT2D eigenvalue weighted by Gasteiger charge is -2.31. The number of aliphatic hydroxyl groups excluding tert-OH is 1. The number of morpholine rings is 1. The summed E-state index contributed by atoms with van der Waals surface area (Å²) < 4.78 is 17.3. The number of carbonyl (C=O) groups is 2. The molecule has 2 aliphatic heterocycles. The standard InChI is InChI=1S/C30H38N2O6/c1-4-6-17-38-24-12-11-23(20-25(24)37-5-2)27-26(28(33)22-9-7-21(3)8-10-22)29(34)30(35)32(27)14-13-31-15-18-36-19-16-31/h7-12,20,27,33H,4-6,13-19H2,1-3H3/b28-26+. The Morgan fingerprint density at radius 1 is 1.00 bits per heavy atom. The Bertz CT molecular complexity index is 1150. The maximum atomic E-state index is 13.4. The van der Waals surface area contributed by atoms with Gasteiger partial charge >= 0.3 is 0 Å². The van der Waals surface area contributed by atoms with Crippen LogP contribution in [0, 0.1) is 6.92 Å². The first-order valence-electron chi connectivity index (χ1n) is 13.5. The molecule has 2 aromatic rings. The molecule has 204 valence electrons. The van der Waals surface area contributed by atoms with E-state index in [1.165, 1.54) is 0 Å². The van der Waals surface area contributed by atoms with Gasteiger partial charge in [0.2, 0.25) is 0 Å². The fourth-order valence-electron chi connectivity index (χ4n) is 4.81. The number of amides is 1. The maximum Gasteiger partial charge on any atom is 0.295 e. The van der Waals surface area contributed by atoms with Crippen molar-refractivity contribution in [3.8, 4) is 11.5 Å². The van der Waals surface area contributed by atoms with Crippen molar-refractivity contribution in [3.63, 3.8) is 0 Å². The average Bonchev–Trinajstić information content (AvgIpc) is 3.18. The van der Waals surface area contributed by atoms with Gasteiger partial charge in [0, 0.05) is 31.7 Å². The van der Waals surface area contributed by atoms with Gasteiger partial charge in [-0.25, -0.2) is 0 Å². The van der Waals surface area contributed by atoms with Crippen molar-refractivity contribution in [2.45, 2.75) is 39.7 Å². The van der Waals surface area contributed by atoms with Crippen LogP contribution >= 0.6 is 0 Å². The second kappa shape index (κ2) is 12.9. The molecule has 0 radical (unpaired) electrons. The Morgan fingerprint density at radius 2 is 1.74 bits per heavy atom. The normalized spacial score (nSPS) is 19.7. The summed E-state index contributed by atoms with van der Waals surface area (Å²) in [5, 5.41) is 11.3. The summed E-state index contributed by atoms with van der Waals surface area (Å²) in [5.74, 6) is -0.305. The van der Waals surface area contributed by atoms with Gasteiger partial charge in [-0.05, 0) is 38.0 Å². The lowest BCUT2D eigenvalue weighted by molar-refractivity contribution is -0.140. The number of benzene rings is 2. The minimum Gasteiger partial charge on any atom is -0.507 e. The van der Waals surface area contributed by atoms with Crippen LogP contribution in [-0.4, -0.2) is 79.2 Å². The highest BCUT2D eigenvalue weighted by Gasteiger charge is 2.46. The summed E-state index contributed by atoms with van der Waals surface area (Å²) in [6.45, 7) is 10.8. The van der Waals surface area contributed by atoms with Crippen LogP contribution < -0.4 is 9.47 Å². The first kappa shape index (κ1) is 27.7. The Morgan fingerprint density at radius 3 is 2.42 bits per heavy atom. The molecule has 2 heterocycles. The van der Waals surface area contributed by atoms with E-state index < -0.39 is 17.7 Å². The van der Waals surface area contributed by atoms with Gasteiger partial charge in [0.1, 0.15) is 5.76 Å². The molecule has 1 N–H and O–H groups in total. The number of aryl methyl sites for hydroxylation is 1. The summed E-state index contributed by atoms with van der Waals surface area (Å²) in [7, 11) is 0. The van der Waals surface area contributed by atoms with Crippen LogP contribution in [0.3, 0.4) is 0 Å². The largest absolute Gasteiger partial charge is 0.507 e. The highest BCUT2D eigenvalue weighted by molar-refractivity contribution is 6.46. The SMILES string of the molecule is CCCCOc1ccc(C2/C(=C(\O)c3ccc(C)cc3)C(=O)C(=O)N2CCN2CCOCC2)cc1OCC. The van der Waals surface area contributed by atoms with Crippen LogP contribution in [0.2, 0.25) is 0 Å². The van der Waals surface area contributed by atoms with Crippen LogP contribution in [0.4, 0.5) is 0 Å². The van der Waals surface area contributed by atoms with E-state index in [9.17, 15) is 14.7 Å². The van der Waals surface area contributed by atoms with E-state index in [2.05, 4.69) is 11.8 Å². The third-order valence-electron chi connectivity index (χ3n) is 6.96. The molecule has 2 fully saturated rings. The number of aliphatic hydroxyl groups is 1. The molecule has 0 spiro atoms. The molecule has 0 aromatic heterocycles. The number of hydrogen-bond donors (Lipinski definition) is 1. The minimum absolute atomic E-state index is 0.0860. The van der Waals surface area contributed by atoms with Gasteiger partial charge in [0.25, 0.3) is 11.7 Å². The Kier molecular flexibility index (Phi) is 9.42. The molecule has 2 aromatic carbocycles. The Labute approximate surface area is 224 Å². The molecular formula is C30H38N2O6. The highest BCUT2D eigenvalue weighted by atomic mass is 16.5. The first-order valence-corrected chi connectivity index (χ1v) is 13.5. The molecule has 4 rings (SSSR count). The van der Waals surface area contributed by atoms with E-state index in [4.69, 9.17) is 14.2 Å². The molecule has 0 aliphatic carbocycles. The van der Waals surface area contributed by atoms with Gasteiger partial charge in [-0.1, -0.05) is 49.2 Å². The topological polar surface area (TPSA) is 88.5 Å². The number of unbranched alkanes of at least 4 members (excludes halogenated alkanes) is 1. The van der Waals surface area contributed by atoms with Crippen molar-refractivity contribution < 1.29 is 28.9 Å². The zero-order valence-electron chi connectivity index (χ0n) is 22.6. The van der Waals surface area contributed by atoms with Crippen molar-refractivity contribution in [1.82, 2.24) is 9.80 Å². The van der Waals surface area contributed by atoms with Crippen LogP contribution in [0.25, 0.3) is 5.76 Å². The number of Topliss-reactive ketones (excluding diaryl/α,β-unsaturated/α-hetero) is 1. The van der Waals surface area contributed by atoms with E-state index in [0.29, 0.717) is 62.1 Å². The number of nitrogens with zero attached hydrogens (tertiary/aromatic N) is 2. The van der Waals surface area contributed by atoms with Gasteiger partial charge in [-0.2, -0.15) is 0 Å². The summed E-state index contributed by atoms with van der Waals surface area (Å²) in [6, 6.07) is 12.0. The second-order valence-electron chi connectivity index (χ2n) is 9.65. The summed E-state index contributed by atoms with van der Waals surface area (Å²) in [5.41, 5.74) is 2.30. The van der Waals surface area contributed by atoms with E-state index in [1.807, 2.05) is 44.2 Å². The van der Waals surface area contributed by atoms with Crippen LogP contribution in [0.5, 0.6) is 11.5 Å². The quantitative estimate of drug-likeness (QED) is 0.203. The third kappa shape index (κ3) is 6.19. The molecular weight excluding hydrogens is 484 g/mol. The van der Waals surface area contributed by atoms with E-state index in [1.54, 1.807) is 17.0 Å². The molecule has 8 heteroatoms. The molecule has 1 unspecified atom stereocenters. The summed E-state index contributed by atoms with van der Waals surface area (Å²) in [4.78, 5) is 30.5. The second-order valence-corrected chi connectivity index (χ2v) is 9.65.